The number of nitrogens with zero attached hydrogens (tertiary/aromatic N) is 2. The molecule has 4 aliphatic rings. The molecule has 0 spiro atoms. The zero-order valence-corrected chi connectivity index (χ0v) is 13.3. The molecule has 0 radical (unpaired) electrons. The molecule has 23 heavy (non-hydrogen) atoms. The molecule has 0 saturated heterocycles. The number of allylic oxidation sites excluding steroid dienone is 1. The Labute approximate surface area is 136 Å². The highest BCUT2D eigenvalue weighted by Gasteiger charge is 2.52. The third-order valence-electron chi connectivity index (χ3n) is 7.39. The van der Waals surface area contributed by atoms with Crippen molar-refractivity contribution < 1.29 is 9.90 Å². The lowest BCUT2D eigenvalue weighted by Crippen LogP contribution is -2.44. The number of hydrogen-bond donors (Lipinski definition) is 1. The predicted octanol–water partition coefficient (Wildman–Crippen LogP) is 3.61. The molecule has 1 aliphatic heterocycles. The van der Waals surface area contributed by atoms with Gasteiger partial charge in [0.05, 0.1) is 5.92 Å². The Morgan fingerprint density at radius 1 is 1.04 bits per heavy atom. The second kappa shape index (κ2) is 4.96. The van der Waals surface area contributed by atoms with Crippen LogP contribution in [0, 0.1) is 35.5 Å². The average Bonchev–Trinajstić information content (AvgIpc) is 3.20. The van der Waals surface area contributed by atoms with E-state index >= 15 is 0 Å². The Morgan fingerprint density at radius 3 is 2.65 bits per heavy atom. The summed E-state index contributed by atoms with van der Waals surface area (Å²) in [5, 5.41) is 9.50. The van der Waals surface area contributed by atoms with Crippen LogP contribution in [0.25, 0.3) is 6.08 Å². The standard InChI is InChI=1S/C19H24N2O2/c22-19(23)16-4-3-11-12-5-7-17-15(13(12)1-2-14(11)16)6-8-18-20-9-10-21(17)18/h6,8-17H,1-5,7H2,(H,22,23)/t11-,12-,13-,14-,15+,16+,17?/m0/s1. The third kappa shape index (κ3) is 1.90. The summed E-state index contributed by atoms with van der Waals surface area (Å²) in [7, 11) is 0. The fourth-order valence-electron chi connectivity index (χ4n) is 6.54. The minimum absolute atomic E-state index is 0.0687. The molecule has 3 saturated carbocycles. The van der Waals surface area contributed by atoms with Crippen molar-refractivity contribution >= 4 is 12.0 Å². The number of fused-ring (bicyclic) bond motifs is 7. The summed E-state index contributed by atoms with van der Waals surface area (Å²) >= 11 is 0. The van der Waals surface area contributed by atoms with Gasteiger partial charge in [-0.3, -0.25) is 4.79 Å². The Bertz CT molecular complexity index is 664. The van der Waals surface area contributed by atoms with Crippen LogP contribution in [-0.2, 0) is 4.79 Å². The van der Waals surface area contributed by atoms with E-state index < -0.39 is 5.97 Å². The van der Waals surface area contributed by atoms with Crippen LogP contribution in [0.15, 0.2) is 18.5 Å². The van der Waals surface area contributed by atoms with Crippen LogP contribution in [0.3, 0.4) is 0 Å². The molecule has 1 N–H and O–H groups in total. The number of carbonyl (C=O) groups is 1. The van der Waals surface area contributed by atoms with Gasteiger partial charge in [-0.2, -0.15) is 0 Å². The highest BCUT2D eigenvalue weighted by molar-refractivity contribution is 5.70. The molecule has 1 aromatic rings. The largest absolute Gasteiger partial charge is 0.481 e. The number of rotatable bonds is 1. The van der Waals surface area contributed by atoms with E-state index in [0.29, 0.717) is 23.8 Å². The van der Waals surface area contributed by atoms with Crippen LogP contribution in [0.2, 0.25) is 0 Å². The first-order valence-electron chi connectivity index (χ1n) is 9.18. The minimum Gasteiger partial charge on any atom is -0.481 e. The second-order valence-electron chi connectivity index (χ2n) is 8.03. The van der Waals surface area contributed by atoms with Crippen LogP contribution < -0.4 is 0 Å². The van der Waals surface area contributed by atoms with Gasteiger partial charge in [-0.15, -0.1) is 0 Å². The van der Waals surface area contributed by atoms with Gasteiger partial charge in [0.1, 0.15) is 5.82 Å². The molecule has 3 fully saturated rings. The fourth-order valence-corrected chi connectivity index (χ4v) is 6.54. The Hall–Kier alpha value is -1.58. The summed E-state index contributed by atoms with van der Waals surface area (Å²) in [5.41, 5.74) is 0. The third-order valence-corrected chi connectivity index (χ3v) is 7.39. The quantitative estimate of drug-likeness (QED) is 0.862. The average molecular weight is 312 g/mol. The van der Waals surface area contributed by atoms with E-state index in [1.807, 2.05) is 6.20 Å². The lowest BCUT2D eigenvalue weighted by molar-refractivity contribution is -0.144. The molecule has 0 amide bonds. The van der Waals surface area contributed by atoms with Gasteiger partial charge in [-0.1, -0.05) is 6.08 Å². The monoisotopic (exact) mass is 312 g/mol. The van der Waals surface area contributed by atoms with Crippen molar-refractivity contribution in [2.24, 2.45) is 35.5 Å². The minimum atomic E-state index is -0.551. The van der Waals surface area contributed by atoms with E-state index in [1.54, 1.807) is 0 Å². The summed E-state index contributed by atoms with van der Waals surface area (Å²) in [6.07, 6.45) is 15.5. The fraction of sp³-hybridized carbons (Fsp3) is 0.684. The summed E-state index contributed by atoms with van der Waals surface area (Å²) in [6, 6.07) is 0.576. The SMILES string of the molecule is O=C(O)[C@@H]1CC[C@H]2[C@@H]3CCC4[C@H](C=Cc5nccn54)[C@H]3CC[C@@H]21. The van der Waals surface area contributed by atoms with Crippen molar-refractivity contribution in [1.82, 2.24) is 9.55 Å². The second-order valence-corrected chi connectivity index (χ2v) is 8.03. The van der Waals surface area contributed by atoms with E-state index in [2.05, 4.69) is 27.9 Å². The van der Waals surface area contributed by atoms with Crippen molar-refractivity contribution in [1.29, 1.82) is 0 Å². The van der Waals surface area contributed by atoms with Gasteiger partial charge in [0.25, 0.3) is 0 Å². The van der Waals surface area contributed by atoms with Gasteiger partial charge >= 0.3 is 5.97 Å². The summed E-state index contributed by atoms with van der Waals surface area (Å²) in [4.78, 5) is 16.0. The van der Waals surface area contributed by atoms with Gasteiger partial charge < -0.3 is 9.67 Å². The molecule has 1 unspecified atom stereocenters. The maximum Gasteiger partial charge on any atom is 0.306 e. The first-order chi connectivity index (χ1) is 11.2. The van der Waals surface area contributed by atoms with Crippen LogP contribution in [0.1, 0.15) is 50.4 Å². The molecule has 122 valence electrons. The molecule has 0 aromatic carbocycles. The number of aliphatic carboxylic acids is 1. The zero-order valence-electron chi connectivity index (χ0n) is 13.3. The number of carboxylic acid groups (broad SMARTS) is 1. The van der Waals surface area contributed by atoms with Gasteiger partial charge in [-0.25, -0.2) is 4.98 Å². The normalized spacial score (nSPS) is 44.1. The Kier molecular flexibility index (Phi) is 2.98. The highest BCUT2D eigenvalue weighted by Crippen LogP contribution is 2.58. The maximum atomic E-state index is 11.5. The Morgan fingerprint density at radius 2 is 1.78 bits per heavy atom. The first kappa shape index (κ1) is 13.8. The molecule has 4 nitrogen and oxygen atoms in total. The summed E-state index contributed by atoms with van der Waals surface area (Å²) in [5.74, 6) is 3.70. The van der Waals surface area contributed by atoms with Crippen LogP contribution >= 0.6 is 0 Å². The lowest BCUT2D eigenvalue weighted by atomic mass is 9.56. The molecule has 3 aliphatic carbocycles. The van der Waals surface area contributed by atoms with Crippen molar-refractivity contribution in [3.05, 3.63) is 24.3 Å². The number of carboxylic acids is 1. The lowest BCUT2D eigenvalue weighted by Gasteiger charge is -2.50. The van der Waals surface area contributed by atoms with Crippen molar-refractivity contribution in [3.63, 3.8) is 0 Å². The molecule has 4 heteroatoms. The van der Waals surface area contributed by atoms with Crippen LogP contribution in [0.4, 0.5) is 0 Å². The summed E-state index contributed by atoms with van der Waals surface area (Å²) in [6.45, 7) is 0. The van der Waals surface area contributed by atoms with Crippen LogP contribution in [0.5, 0.6) is 0 Å². The molecule has 2 heterocycles. The van der Waals surface area contributed by atoms with Gasteiger partial charge in [-0.05, 0) is 68.3 Å². The molecular formula is C19H24N2O2. The molecule has 5 rings (SSSR count). The van der Waals surface area contributed by atoms with Gasteiger partial charge in [0, 0.05) is 24.4 Å². The van der Waals surface area contributed by atoms with Gasteiger partial charge in [0.2, 0.25) is 0 Å². The van der Waals surface area contributed by atoms with Crippen molar-refractivity contribution in [2.75, 3.05) is 0 Å². The summed E-state index contributed by atoms with van der Waals surface area (Å²) < 4.78 is 2.38. The van der Waals surface area contributed by atoms with E-state index in [-0.39, 0.29) is 5.92 Å². The van der Waals surface area contributed by atoms with E-state index in [4.69, 9.17) is 0 Å². The smallest absolute Gasteiger partial charge is 0.306 e. The zero-order chi connectivity index (χ0) is 15.6. The topological polar surface area (TPSA) is 55.1 Å². The first-order valence-corrected chi connectivity index (χ1v) is 9.18. The number of imidazole rings is 1. The van der Waals surface area contributed by atoms with E-state index in [0.717, 1.165) is 36.9 Å². The van der Waals surface area contributed by atoms with Crippen molar-refractivity contribution in [3.8, 4) is 0 Å². The predicted molar refractivity (Wildman–Crippen MR) is 86.6 cm³/mol. The highest BCUT2D eigenvalue weighted by atomic mass is 16.4. The molecule has 0 bridgehead atoms. The molecule has 1 aromatic heterocycles. The Balaban J connectivity index is 1.43. The number of hydrogen-bond acceptors (Lipinski definition) is 2. The van der Waals surface area contributed by atoms with E-state index in [1.165, 1.54) is 19.3 Å². The van der Waals surface area contributed by atoms with Crippen molar-refractivity contribution in [2.45, 2.75) is 44.6 Å². The maximum absolute atomic E-state index is 11.5. The van der Waals surface area contributed by atoms with E-state index in [9.17, 15) is 9.90 Å². The number of aromatic nitrogens is 2. The molecule has 7 atom stereocenters. The van der Waals surface area contributed by atoms with Crippen LogP contribution in [-0.4, -0.2) is 20.6 Å². The molecular weight excluding hydrogens is 288 g/mol. The van der Waals surface area contributed by atoms with Gasteiger partial charge in [0.15, 0.2) is 0 Å².